The second-order valence-corrected chi connectivity index (χ2v) is 4.76. The molecule has 0 fully saturated rings. The molecule has 0 aliphatic rings. The maximum atomic E-state index is 13.1. The Hall–Kier alpha value is -1.58. The standard InChI is InChI=1S/C15H14ClFO2/c1-9-5-13(6-10(2)15(9)16)19-14-4-3-12(17)7-11(14)8-18/h3-7,18H,8H2,1-2H3. The van der Waals surface area contributed by atoms with Crippen LogP contribution in [-0.2, 0) is 6.61 Å². The average Bonchev–Trinajstić information content (AvgIpc) is 2.38. The first kappa shape index (κ1) is 13.8. The van der Waals surface area contributed by atoms with E-state index in [1.807, 2.05) is 13.8 Å². The van der Waals surface area contributed by atoms with Crippen molar-refractivity contribution in [3.05, 3.63) is 57.9 Å². The Morgan fingerprint density at radius 2 is 1.79 bits per heavy atom. The molecule has 0 unspecified atom stereocenters. The van der Waals surface area contributed by atoms with Gasteiger partial charge in [0.2, 0.25) is 0 Å². The van der Waals surface area contributed by atoms with Crippen LogP contribution in [-0.4, -0.2) is 5.11 Å². The van der Waals surface area contributed by atoms with Crippen molar-refractivity contribution in [1.29, 1.82) is 0 Å². The van der Waals surface area contributed by atoms with Gasteiger partial charge in [0, 0.05) is 10.6 Å². The first-order chi connectivity index (χ1) is 9.01. The van der Waals surface area contributed by atoms with E-state index in [2.05, 4.69) is 0 Å². The number of aryl methyl sites for hydroxylation is 2. The second-order valence-electron chi connectivity index (χ2n) is 4.38. The smallest absolute Gasteiger partial charge is 0.133 e. The monoisotopic (exact) mass is 280 g/mol. The lowest BCUT2D eigenvalue weighted by Crippen LogP contribution is -1.94. The Labute approximate surface area is 116 Å². The molecule has 0 aliphatic heterocycles. The van der Waals surface area contributed by atoms with Crippen molar-refractivity contribution in [2.24, 2.45) is 0 Å². The van der Waals surface area contributed by atoms with Crippen LogP contribution in [0.1, 0.15) is 16.7 Å². The summed E-state index contributed by atoms with van der Waals surface area (Å²) in [6.07, 6.45) is 0. The highest BCUT2D eigenvalue weighted by molar-refractivity contribution is 6.32. The highest BCUT2D eigenvalue weighted by Crippen LogP contribution is 2.31. The highest BCUT2D eigenvalue weighted by Gasteiger charge is 2.08. The van der Waals surface area contributed by atoms with Crippen molar-refractivity contribution in [2.45, 2.75) is 20.5 Å². The summed E-state index contributed by atoms with van der Waals surface area (Å²) in [6.45, 7) is 3.50. The number of hydrogen-bond acceptors (Lipinski definition) is 2. The fourth-order valence-electron chi connectivity index (χ4n) is 1.86. The molecule has 2 aromatic rings. The van der Waals surface area contributed by atoms with Gasteiger partial charge in [0.15, 0.2) is 0 Å². The minimum absolute atomic E-state index is 0.279. The number of hydrogen-bond donors (Lipinski definition) is 1. The highest BCUT2D eigenvalue weighted by atomic mass is 35.5. The molecule has 0 atom stereocenters. The largest absolute Gasteiger partial charge is 0.457 e. The molecule has 0 saturated heterocycles. The van der Waals surface area contributed by atoms with Crippen LogP contribution in [0.25, 0.3) is 0 Å². The third-order valence-corrected chi connectivity index (χ3v) is 3.43. The summed E-state index contributed by atoms with van der Waals surface area (Å²) < 4.78 is 18.8. The maximum absolute atomic E-state index is 13.1. The maximum Gasteiger partial charge on any atom is 0.133 e. The zero-order valence-electron chi connectivity index (χ0n) is 10.7. The van der Waals surface area contributed by atoms with E-state index in [9.17, 15) is 9.50 Å². The van der Waals surface area contributed by atoms with Crippen LogP contribution in [0.2, 0.25) is 5.02 Å². The summed E-state index contributed by atoms with van der Waals surface area (Å²) in [5, 5.41) is 9.91. The van der Waals surface area contributed by atoms with Gasteiger partial charge in [0.05, 0.1) is 6.61 Å². The molecule has 0 radical (unpaired) electrons. The lowest BCUT2D eigenvalue weighted by atomic mass is 10.1. The van der Waals surface area contributed by atoms with Crippen LogP contribution in [0, 0.1) is 19.7 Å². The molecule has 2 aromatic carbocycles. The lowest BCUT2D eigenvalue weighted by Gasteiger charge is -2.12. The molecular weight excluding hydrogens is 267 g/mol. The minimum atomic E-state index is -0.403. The van der Waals surface area contributed by atoms with Crippen molar-refractivity contribution >= 4 is 11.6 Å². The van der Waals surface area contributed by atoms with E-state index < -0.39 is 5.82 Å². The summed E-state index contributed by atoms with van der Waals surface area (Å²) in [5.74, 6) is 0.644. The first-order valence-corrected chi connectivity index (χ1v) is 6.23. The summed E-state index contributed by atoms with van der Waals surface area (Å²) in [7, 11) is 0. The lowest BCUT2D eigenvalue weighted by molar-refractivity contribution is 0.276. The third kappa shape index (κ3) is 3.06. The predicted molar refractivity (Wildman–Crippen MR) is 73.3 cm³/mol. The third-order valence-electron chi connectivity index (χ3n) is 2.83. The fourth-order valence-corrected chi connectivity index (χ4v) is 1.97. The van der Waals surface area contributed by atoms with E-state index in [4.69, 9.17) is 16.3 Å². The van der Waals surface area contributed by atoms with Gasteiger partial charge in [-0.05, 0) is 55.3 Å². The van der Waals surface area contributed by atoms with Crippen molar-refractivity contribution in [1.82, 2.24) is 0 Å². The molecule has 0 aliphatic carbocycles. The van der Waals surface area contributed by atoms with Gasteiger partial charge in [0.1, 0.15) is 17.3 Å². The molecular formula is C15H14ClFO2. The van der Waals surface area contributed by atoms with Gasteiger partial charge in [-0.2, -0.15) is 0 Å². The number of rotatable bonds is 3. The van der Waals surface area contributed by atoms with Gasteiger partial charge < -0.3 is 9.84 Å². The quantitative estimate of drug-likeness (QED) is 0.904. The molecule has 100 valence electrons. The fraction of sp³-hybridized carbons (Fsp3) is 0.200. The van der Waals surface area contributed by atoms with Crippen LogP contribution in [0.15, 0.2) is 30.3 Å². The van der Waals surface area contributed by atoms with Gasteiger partial charge in [0.25, 0.3) is 0 Å². The van der Waals surface area contributed by atoms with E-state index in [1.165, 1.54) is 18.2 Å². The molecule has 2 rings (SSSR count). The van der Waals surface area contributed by atoms with Crippen molar-refractivity contribution in [3.8, 4) is 11.5 Å². The normalized spacial score (nSPS) is 10.6. The van der Waals surface area contributed by atoms with Gasteiger partial charge in [-0.1, -0.05) is 11.6 Å². The summed E-state index contributed by atoms with van der Waals surface area (Å²) in [5.41, 5.74) is 2.22. The van der Waals surface area contributed by atoms with E-state index in [-0.39, 0.29) is 6.61 Å². The van der Waals surface area contributed by atoms with Crippen LogP contribution in [0.3, 0.4) is 0 Å². The second kappa shape index (κ2) is 5.59. The number of aliphatic hydroxyl groups is 1. The van der Waals surface area contributed by atoms with Gasteiger partial charge >= 0.3 is 0 Å². The van der Waals surface area contributed by atoms with Gasteiger partial charge in [-0.25, -0.2) is 4.39 Å². The Kier molecular flexibility index (Phi) is 4.08. The zero-order valence-corrected chi connectivity index (χ0v) is 11.5. The van der Waals surface area contributed by atoms with Crippen molar-refractivity contribution in [2.75, 3.05) is 0 Å². The predicted octanol–water partition coefficient (Wildman–Crippen LogP) is 4.38. The molecule has 0 amide bonds. The average molecular weight is 281 g/mol. The minimum Gasteiger partial charge on any atom is -0.457 e. The number of benzene rings is 2. The van der Waals surface area contributed by atoms with E-state index >= 15 is 0 Å². The first-order valence-electron chi connectivity index (χ1n) is 5.85. The topological polar surface area (TPSA) is 29.5 Å². The van der Waals surface area contributed by atoms with E-state index in [1.54, 1.807) is 12.1 Å². The number of halogens is 2. The van der Waals surface area contributed by atoms with E-state index in [0.29, 0.717) is 22.1 Å². The van der Waals surface area contributed by atoms with Crippen molar-refractivity contribution < 1.29 is 14.2 Å². The molecule has 0 bridgehead atoms. The van der Waals surface area contributed by atoms with Gasteiger partial charge in [-0.3, -0.25) is 0 Å². The molecule has 19 heavy (non-hydrogen) atoms. The zero-order chi connectivity index (χ0) is 14.0. The Morgan fingerprint density at radius 3 is 2.37 bits per heavy atom. The van der Waals surface area contributed by atoms with Gasteiger partial charge in [-0.15, -0.1) is 0 Å². The van der Waals surface area contributed by atoms with Crippen LogP contribution >= 0.6 is 11.6 Å². The molecule has 0 spiro atoms. The molecule has 0 heterocycles. The summed E-state index contributed by atoms with van der Waals surface area (Å²) in [4.78, 5) is 0. The number of aliphatic hydroxyl groups excluding tert-OH is 1. The molecule has 1 N–H and O–H groups in total. The van der Waals surface area contributed by atoms with E-state index in [0.717, 1.165) is 11.1 Å². The Morgan fingerprint density at radius 1 is 1.16 bits per heavy atom. The summed E-state index contributed by atoms with van der Waals surface area (Å²) in [6, 6.07) is 7.66. The van der Waals surface area contributed by atoms with Crippen LogP contribution in [0.4, 0.5) is 4.39 Å². The molecule has 0 saturated carbocycles. The SMILES string of the molecule is Cc1cc(Oc2ccc(F)cc2CO)cc(C)c1Cl. The van der Waals surface area contributed by atoms with Crippen LogP contribution < -0.4 is 4.74 Å². The Balaban J connectivity index is 2.36. The molecule has 4 heteroatoms. The Bertz CT molecular complexity index is 588. The van der Waals surface area contributed by atoms with Crippen molar-refractivity contribution in [3.63, 3.8) is 0 Å². The molecule has 0 aromatic heterocycles. The molecule has 2 nitrogen and oxygen atoms in total. The van der Waals surface area contributed by atoms with Crippen LogP contribution in [0.5, 0.6) is 11.5 Å². The summed E-state index contributed by atoms with van der Waals surface area (Å²) >= 11 is 6.09. The number of ether oxygens (including phenoxy) is 1.